The van der Waals surface area contributed by atoms with Gasteiger partial charge in [-0.05, 0) is 29.3 Å². The van der Waals surface area contributed by atoms with Gasteiger partial charge < -0.3 is 11.5 Å². The Bertz CT molecular complexity index is 666. The second-order valence-corrected chi connectivity index (χ2v) is 4.22. The minimum Gasteiger partial charge on any atom is -0.369 e. The molecule has 0 spiro atoms. The first-order chi connectivity index (χ1) is 9.47. The van der Waals surface area contributed by atoms with Crippen molar-refractivity contribution in [3.8, 4) is 11.1 Å². The molecule has 4 nitrogen and oxygen atoms in total. The van der Waals surface area contributed by atoms with Crippen LogP contribution in [-0.2, 0) is 4.79 Å². The molecule has 5 heteroatoms. The summed E-state index contributed by atoms with van der Waals surface area (Å²) in [6, 6.07) is 10.9. The predicted octanol–water partition coefficient (Wildman–Crippen LogP) is 1.63. The molecule has 1 radical (unpaired) electrons. The van der Waals surface area contributed by atoms with Crippen molar-refractivity contribution in [2.75, 3.05) is 0 Å². The molecule has 101 valence electrons. The molecule has 2 rings (SSSR count). The van der Waals surface area contributed by atoms with Crippen molar-refractivity contribution in [3.05, 3.63) is 65.8 Å². The van der Waals surface area contributed by atoms with Gasteiger partial charge in [0, 0.05) is 11.1 Å². The van der Waals surface area contributed by atoms with Gasteiger partial charge in [0.25, 0.3) is 0 Å². The lowest BCUT2D eigenvalue weighted by Crippen LogP contribution is -2.12. The minimum atomic E-state index is -0.706. The van der Waals surface area contributed by atoms with Gasteiger partial charge in [-0.2, -0.15) is 0 Å². The van der Waals surface area contributed by atoms with Gasteiger partial charge in [0.05, 0.1) is 6.42 Å². The summed E-state index contributed by atoms with van der Waals surface area (Å²) in [6.07, 6.45) is 1.02. The first-order valence-corrected chi connectivity index (χ1v) is 5.81. The fourth-order valence-electron chi connectivity index (χ4n) is 1.80. The lowest BCUT2D eigenvalue weighted by atomic mass is 10.0. The number of carbonyl (C=O) groups is 2. The van der Waals surface area contributed by atoms with Crippen LogP contribution in [0.5, 0.6) is 0 Å². The van der Waals surface area contributed by atoms with E-state index in [0.717, 1.165) is 12.0 Å². The summed E-state index contributed by atoms with van der Waals surface area (Å²) in [5.41, 5.74) is 12.0. The summed E-state index contributed by atoms with van der Waals surface area (Å²) >= 11 is 0. The van der Waals surface area contributed by atoms with Crippen molar-refractivity contribution >= 4 is 11.8 Å². The van der Waals surface area contributed by atoms with Crippen molar-refractivity contribution in [1.82, 2.24) is 0 Å². The zero-order valence-electron chi connectivity index (χ0n) is 10.5. The number of carbonyl (C=O) groups excluding carboxylic acids is 2. The van der Waals surface area contributed by atoms with Crippen LogP contribution in [0.15, 0.2) is 42.5 Å². The molecule has 0 heterocycles. The molecule has 20 heavy (non-hydrogen) atoms. The Balaban J connectivity index is 2.31. The van der Waals surface area contributed by atoms with Gasteiger partial charge in [-0.1, -0.05) is 24.3 Å². The third-order valence-corrected chi connectivity index (χ3v) is 2.80. The van der Waals surface area contributed by atoms with Gasteiger partial charge in [-0.25, -0.2) is 4.39 Å². The third-order valence-electron chi connectivity index (χ3n) is 2.80. The van der Waals surface area contributed by atoms with Crippen LogP contribution in [0.25, 0.3) is 11.1 Å². The second-order valence-electron chi connectivity index (χ2n) is 4.22. The van der Waals surface area contributed by atoms with Crippen LogP contribution in [0, 0.1) is 12.2 Å². The highest BCUT2D eigenvalue weighted by molar-refractivity contribution is 5.93. The molecule has 0 atom stereocenters. The summed E-state index contributed by atoms with van der Waals surface area (Å²) in [4.78, 5) is 21.7. The molecule has 2 amide bonds. The molecule has 0 aliphatic carbocycles. The molecule has 2 aromatic rings. The maximum atomic E-state index is 13.8. The molecule has 0 saturated heterocycles. The molecule has 2 aromatic carbocycles. The Morgan fingerprint density at radius 2 is 1.55 bits per heavy atom. The molecule has 0 unspecified atom stereocenters. The van der Waals surface area contributed by atoms with Gasteiger partial charge in [0.15, 0.2) is 0 Å². The summed E-state index contributed by atoms with van der Waals surface area (Å²) in [7, 11) is 0. The van der Waals surface area contributed by atoms with E-state index in [4.69, 9.17) is 11.5 Å². The van der Waals surface area contributed by atoms with Gasteiger partial charge >= 0.3 is 0 Å². The highest BCUT2D eigenvalue weighted by atomic mass is 19.1. The topological polar surface area (TPSA) is 86.2 Å². The minimum absolute atomic E-state index is 0.134. The first-order valence-electron chi connectivity index (χ1n) is 5.81. The van der Waals surface area contributed by atoms with Crippen LogP contribution in [0.2, 0.25) is 0 Å². The van der Waals surface area contributed by atoms with E-state index >= 15 is 0 Å². The number of primary amides is 2. The van der Waals surface area contributed by atoms with Crippen LogP contribution in [0.4, 0.5) is 4.39 Å². The number of rotatable bonds is 4. The number of hydrogen-bond donors (Lipinski definition) is 2. The average molecular weight is 271 g/mol. The third kappa shape index (κ3) is 3.00. The van der Waals surface area contributed by atoms with E-state index in [1.54, 1.807) is 30.3 Å². The molecule has 0 fully saturated rings. The van der Waals surface area contributed by atoms with E-state index < -0.39 is 17.6 Å². The molecule has 4 N–H and O–H groups in total. The maximum Gasteiger partial charge on any atom is 0.248 e. The number of amides is 2. The van der Waals surface area contributed by atoms with E-state index in [1.165, 1.54) is 12.1 Å². The van der Waals surface area contributed by atoms with Crippen LogP contribution in [-0.4, -0.2) is 11.8 Å². The van der Waals surface area contributed by atoms with E-state index in [2.05, 4.69) is 0 Å². The predicted molar refractivity (Wildman–Crippen MR) is 73.0 cm³/mol. The van der Waals surface area contributed by atoms with Gasteiger partial charge in [0.2, 0.25) is 11.8 Å². The van der Waals surface area contributed by atoms with Crippen molar-refractivity contribution in [2.24, 2.45) is 11.5 Å². The Morgan fingerprint density at radius 3 is 2.05 bits per heavy atom. The van der Waals surface area contributed by atoms with E-state index in [0.29, 0.717) is 11.1 Å². The van der Waals surface area contributed by atoms with E-state index in [9.17, 15) is 14.0 Å². The molecular formula is C15H12FN2O2. The summed E-state index contributed by atoms with van der Waals surface area (Å²) in [6.45, 7) is 0. The smallest absolute Gasteiger partial charge is 0.248 e. The monoisotopic (exact) mass is 271 g/mol. The molecular weight excluding hydrogens is 259 g/mol. The first kappa shape index (κ1) is 13.7. The lowest BCUT2D eigenvalue weighted by molar-refractivity contribution is -0.114. The van der Waals surface area contributed by atoms with Crippen molar-refractivity contribution in [3.63, 3.8) is 0 Å². The van der Waals surface area contributed by atoms with Crippen LogP contribution >= 0.6 is 0 Å². The SMILES string of the molecule is NC(=O)[CH]c1ccc(-c2ccc(C(N)=O)cc2)cc1F. The van der Waals surface area contributed by atoms with Crippen molar-refractivity contribution in [1.29, 1.82) is 0 Å². The standard InChI is InChI=1S/C15H12FN2O2/c16-13-7-11(5-6-12(13)8-14(17)19)9-1-3-10(4-2-9)15(18)20/h1-8H,(H2,17,19)(H2,18,20). The molecule has 0 saturated carbocycles. The van der Waals surface area contributed by atoms with E-state index in [-0.39, 0.29) is 5.56 Å². The number of hydrogen-bond acceptors (Lipinski definition) is 2. The molecule has 0 bridgehead atoms. The fourth-order valence-corrected chi connectivity index (χ4v) is 1.80. The number of nitrogens with two attached hydrogens (primary N) is 2. The van der Waals surface area contributed by atoms with Gasteiger partial charge in [-0.3, -0.25) is 9.59 Å². The van der Waals surface area contributed by atoms with Crippen molar-refractivity contribution in [2.45, 2.75) is 0 Å². The molecule has 0 aliphatic heterocycles. The van der Waals surface area contributed by atoms with E-state index in [1.807, 2.05) is 0 Å². The summed E-state index contributed by atoms with van der Waals surface area (Å²) < 4.78 is 13.8. The average Bonchev–Trinajstić information content (AvgIpc) is 2.41. The Labute approximate surface area is 115 Å². The van der Waals surface area contributed by atoms with Gasteiger partial charge in [0.1, 0.15) is 5.82 Å². The fraction of sp³-hybridized carbons (Fsp3) is 0. The Kier molecular flexibility index (Phi) is 3.79. The Hall–Kier alpha value is -2.69. The van der Waals surface area contributed by atoms with Crippen LogP contribution in [0.3, 0.4) is 0 Å². The lowest BCUT2D eigenvalue weighted by Gasteiger charge is -2.06. The highest BCUT2D eigenvalue weighted by Crippen LogP contribution is 2.23. The Morgan fingerprint density at radius 1 is 0.950 bits per heavy atom. The summed E-state index contributed by atoms with van der Waals surface area (Å²) in [5.74, 6) is -1.77. The zero-order valence-corrected chi connectivity index (χ0v) is 10.5. The van der Waals surface area contributed by atoms with Crippen molar-refractivity contribution < 1.29 is 14.0 Å². The summed E-state index contributed by atoms with van der Waals surface area (Å²) in [5, 5.41) is 0. The molecule has 0 aliphatic rings. The van der Waals surface area contributed by atoms with Crippen LogP contribution < -0.4 is 11.5 Å². The largest absolute Gasteiger partial charge is 0.369 e. The molecule has 0 aromatic heterocycles. The number of benzene rings is 2. The quantitative estimate of drug-likeness (QED) is 0.885. The normalized spacial score (nSPS) is 10.2. The second kappa shape index (κ2) is 5.52. The zero-order chi connectivity index (χ0) is 14.7. The van der Waals surface area contributed by atoms with Gasteiger partial charge in [-0.15, -0.1) is 0 Å². The number of halogens is 1. The maximum absolute atomic E-state index is 13.8. The van der Waals surface area contributed by atoms with Crippen LogP contribution in [0.1, 0.15) is 15.9 Å². The highest BCUT2D eigenvalue weighted by Gasteiger charge is 2.08.